The monoisotopic (exact) mass is 283 g/mol. The molecule has 1 N–H and O–H groups in total. The minimum absolute atomic E-state index is 0.112. The highest BCUT2D eigenvalue weighted by Crippen LogP contribution is 2.16. The third-order valence-electron chi connectivity index (χ3n) is 3.39. The topological polar surface area (TPSA) is 29.1 Å². The van der Waals surface area contributed by atoms with Crippen LogP contribution in [0.2, 0.25) is 0 Å². The van der Waals surface area contributed by atoms with Crippen molar-refractivity contribution in [1.82, 2.24) is 0 Å². The van der Waals surface area contributed by atoms with Crippen LogP contribution in [0.5, 0.6) is 0 Å². The van der Waals surface area contributed by atoms with Crippen molar-refractivity contribution >= 4 is 11.5 Å². The summed E-state index contributed by atoms with van der Waals surface area (Å²) in [5, 5.41) is 2.80. The van der Waals surface area contributed by atoms with Gasteiger partial charge < -0.3 is 5.32 Å². The summed E-state index contributed by atoms with van der Waals surface area (Å²) in [6.45, 7) is 5.85. The first-order valence-electron chi connectivity index (χ1n) is 6.78. The van der Waals surface area contributed by atoms with Gasteiger partial charge in [0.1, 0.15) is 5.82 Å². The number of nitrogens with one attached hydrogen (secondary N) is 1. The van der Waals surface area contributed by atoms with Gasteiger partial charge in [-0.25, -0.2) is 4.39 Å². The molecule has 108 valence electrons. The van der Waals surface area contributed by atoms with Crippen LogP contribution in [0.1, 0.15) is 27.0 Å². The summed E-state index contributed by atoms with van der Waals surface area (Å²) in [5.41, 5.74) is 4.16. The van der Waals surface area contributed by atoms with E-state index >= 15 is 0 Å². The summed E-state index contributed by atoms with van der Waals surface area (Å²) < 4.78 is 13.5. The number of rotatable bonds is 4. The van der Waals surface area contributed by atoms with Gasteiger partial charge in [-0.15, -0.1) is 0 Å². The van der Waals surface area contributed by atoms with Crippen LogP contribution in [-0.2, 0) is 0 Å². The molecule has 0 spiro atoms. The van der Waals surface area contributed by atoms with Crippen LogP contribution in [0, 0.1) is 26.6 Å². The van der Waals surface area contributed by atoms with E-state index in [2.05, 4.69) is 5.32 Å². The van der Waals surface area contributed by atoms with Gasteiger partial charge in [-0.05, 0) is 55.7 Å². The number of halogens is 1. The van der Waals surface area contributed by atoms with E-state index in [4.69, 9.17) is 0 Å². The molecule has 2 nitrogen and oxygen atoms in total. The lowest BCUT2D eigenvalue weighted by atomic mass is 10.0. The van der Waals surface area contributed by atoms with Crippen LogP contribution >= 0.6 is 0 Å². The van der Waals surface area contributed by atoms with Gasteiger partial charge in [-0.1, -0.05) is 18.2 Å². The highest BCUT2D eigenvalue weighted by atomic mass is 19.1. The average Bonchev–Trinajstić information content (AvgIpc) is 2.45. The zero-order valence-electron chi connectivity index (χ0n) is 12.4. The maximum atomic E-state index is 13.5. The van der Waals surface area contributed by atoms with E-state index in [-0.39, 0.29) is 11.6 Å². The zero-order valence-corrected chi connectivity index (χ0v) is 12.4. The van der Waals surface area contributed by atoms with E-state index in [9.17, 15) is 9.18 Å². The Balaban J connectivity index is 2.08. The summed E-state index contributed by atoms with van der Waals surface area (Å²) in [5.74, 6) is -0.456. The molecule has 0 saturated carbocycles. The molecule has 0 aromatic heterocycles. The zero-order chi connectivity index (χ0) is 15.4. The van der Waals surface area contributed by atoms with Gasteiger partial charge in [0, 0.05) is 17.8 Å². The maximum Gasteiger partial charge on any atom is 0.187 e. The summed E-state index contributed by atoms with van der Waals surface area (Å²) in [6, 6.07) is 10.4. The van der Waals surface area contributed by atoms with Gasteiger partial charge in [0.15, 0.2) is 5.78 Å². The Morgan fingerprint density at radius 3 is 2.52 bits per heavy atom. The first-order chi connectivity index (χ1) is 9.97. The molecular formula is C18H18FNO. The van der Waals surface area contributed by atoms with Crippen LogP contribution in [0.4, 0.5) is 10.1 Å². The molecule has 0 aliphatic rings. The van der Waals surface area contributed by atoms with Gasteiger partial charge in [0.05, 0.1) is 5.69 Å². The lowest BCUT2D eigenvalue weighted by Gasteiger charge is -2.04. The van der Waals surface area contributed by atoms with E-state index in [1.165, 1.54) is 18.3 Å². The van der Waals surface area contributed by atoms with Gasteiger partial charge >= 0.3 is 0 Å². The van der Waals surface area contributed by atoms with Gasteiger partial charge in [-0.3, -0.25) is 4.79 Å². The SMILES string of the molecule is Cc1ccc(F)c(NC=CC(=O)c2ccc(C)c(C)c2)c1. The van der Waals surface area contributed by atoms with Crippen molar-refractivity contribution in [3.05, 3.63) is 76.7 Å². The second kappa shape index (κ2) is 6.35. The molecule has 0 aliphatic carbocycles. The maximum absolute atomic E-state index is 13.5. The van der Waals surface area contributed by atoms with Gasteiger partial charge in [-0.2, -0.15) is 0 Å². The quantitative estimate of drug-likeness (QED) is 0.658. The van der Waals surface area contributed by atoms with Gasteiger partial charge in [0.25, 0.3) is 0 Å². The first kappa shape index (κ1) is 15.0. The lowest BCUT2D eigenvalue weighted by molar-refractivity contribution is 0.104. The molecule has 0 radical (unpaired) electrons. The normalized spacial score (nSPS) is 10.9. The number of ketones is 1. The van der Waals surface area contributed by atoms with Crippen molar-refractivity contribution in [3.8, 4) is 0 Å². The molecule has 0 unspecified atom stereocenters. The summed E-state index contributed by atoms with van der Waals surface area (Å²) in [4.78, 5) is 12.0. The first-order valence-corrected chi connectivity index (χ1v) is 6.78. The molecule has 2 aromatic carbocycles. The van der Waals surface area contributed by atoms with Gasteiger partial charge in [0.2, 0.25) is 0 Å². The van der Waals surface area contributed by atoms with E-state index in [1.807, 2.05) is 32.9 Å². The van der Waals surface area contributed by atoms with E-state index in [0.29, 0.717) is 11.3 Å². The summed E-state index contributed by atoms with van der Waals surface area (Å²) in [7, 11) is 0. The summed E-state index contributed by atoms with van der Waals surface area (Å²) in [6.07, 6.45) is 2.88. The Hall–Kier alpha value is -2.42. The molecule has 0 heterocycles. The Morgan fingerprint density at radius 2 is 1.81 bits per heavy atom. The standard InChI is InChI=1S/C18H18FNO/c1-12-4-7-16(19)17(10-12)20-9-8-18(21)15-6-5-13(2)14(3)11-15/h4-11,20H,1-3H3. The highest BCUT2D eigenvalue weighted by molar-refractivity contribution is 6.04. The number of hydrogen-bond donors (Lipinski definition) is 1. The van der Waals surface area contributed by atoms with Crippen molar-refractivity contribution in [2.45, 2.75) is 20.8 Å². The Kier molecular flexibility index (Phi) is 4.53. The molecular weight excluding hydrogens is 265 g/mol. The number of aryl methyl sites for hydroxylation is 3. The number of anilines is 1. The number of hydrogen-bond acceptors (Lipinski definition) is 2. The molecule has 2 rings (SSSR count). The van der Waals surface area contributed by atoms with E-state index < -0.39 is 0 Å². The predicted molar refractivity (Wildman–Crippen MR) is 84.1 cm³/mol. The van der Waals surface area contributed by atoms with Crippen molar-refractivity contribution in [3.63, 3.8) is 0 Å². The third-order valence-corrected chi connectivity index (χ3v) is 3.39. The van der Waals surface area contributed by atoms with E-state index in [0.717, 1.165) is 16.7 Å². The Labute approximate surface area is 124 Å². The second-order valence-corrected chi connectivity index (χ2v) is 5.12. The summed E-state index contributed by atoms with van der Waals surface area (Å²) >= 11 is 0. The molecule has 0 fully saturated rings. The molecule has 0 amide bonds. The van der Waals surface area contributed by atoms with Crippen molar-refractivity contribution in [2.24, 2.45) is 0 Å². The molecule has 21 heavy (non-hydrogen) atoms. The number of allylic oxidation sites excluding steroid dienone is 1. The van der Waals surface area contributed by atoms with E-state index in [1.54, 1.807) is 18.2 Å². The largest absolute Gasteiger partial charge is 0.359 e. The molecule has 0 bridgehead atoms. The minimum Gasteiger partial charge on any atom is -0.359 e. The number of benzene rings is 2. The number of carbonyl (C=O) groups is 1. The molecule has 2 aromatic rings. The Bertz CT molecular complexity index is 704. The Morgan fingerprint density at radius 1 is 1.05 bits per heavy atom. The van der Waals surface area contributed by atoms with Crippen molar-refractivity contribution in [2.75, 3.05) is 5.32 Å². The fraction of sp³-hybridized carbons (Fsp3) is 0.167. The van der Waals surface area contributed by atoms with Crippen LogP contribution in [0.25, 0.3) is 0 Å². The number of carbonyl (C=O) groups excluding carboxylic acids is 1. The second-order valence-electron chi connectivity index (χ2n) is 5.12. The fourth-order valence-electron chi connectivity index (χ4n) is 1.95. The van der Waals surface area contributed by atoms with Crippen LogP contribution in [0.3, 0.4) is 0 Å². The molecule has 0 aliphatic heterocycles. The average molecular weight is 283 g/mol. The molecule has 0 saturated heterocycles. The highest BCUT2D eigenvalue weighted by Gasteiger charge is 2.04. The van der Waals surface area contributed by atoms with Crippen molar-refractivity contribution in [1.29, 1.82) is 0 Å². The van der Waals surface area contributed by atoms with Crippen LogP contribution in [-0.4, -0.2) is 5.78 Å². The molecule has 3 heteroatoms. The lowest BCUT2D eigenvalue weighted by Crippen LogP contribution is -1.98. The van der Waals surface area contributed by atoms with Crippen molar-refractivity contribution < 1.29 is 9.18 Å². The third kappa shape index (κ3) is 3.78. The minimum atomic E-state index is -0.344. The van der Waals surface area contributed by atoms with Crippen LogP contribution in [0.15, 0.2) is 48.7 Å². The predicted octanol–water partition coefficient (Wildman–Crippen LogP) is 4.56. The van der Waals surface area contributed by atoms with Crippen LogP contribution < -0.4 is 5.32 Å². The smallest absolute Gasteiger partial charge is 0.187 e. The fourth-order valence-corrected chi connectivity index (χ4v) is 1.95. The molecule has 0 atom stereocenters.